The molecular formula is C18H19ClO5S. The SMILES string of the molecule is CCSC1=CC(=O)C[C@@H](C)[C@@]12Oc1c(Cl)c(OC)cc(OC)c1C2=O. The van der Waals surface area contributed by atoms with Crippen molar-refractivity contribution in [1.29, 1.82) is 0 Å². The summed E-state index contributed by atoms with van der Waals surface area (Å²) in [7, 11) is 2.96. The molecule has 2 aliphatic rings. The maximum Gasteiger partial charge on any atom is 0.219 e. The predicted molar refractivity (Wildman–Crippen MR) is 97.2 cm³/mol. The molecule has 1 spiro atoms. The molecule has 5 nitrogen and oxygen atoms in total. The largest absolute Gasteiger partial charge is 0.496 e. The van der Waals surface area contributed by atoms with Crippen molar-refractivity contribution in [2.24, 2.45) is 5.92 Å². The van der Waals surface area contributed by atoms with Gasteiger partial charge in [0.2, 0.25) is 11.4 Å². The summed E-state index contributed by atoms with van der Waals surface area (Å²) >= 11 is 7.84. The van der Waals surface area contributed by atoms with E-state index in [-0.39, 0.29) is 34.7 Å². The lowest BCUT2D eigenvalue weighted by atomic mass is 9.77. The fraction of sp³-hybridized carbons (Fsp3) is 0.444. The van der Waals surface area contributed by atoms with Crippen LogP contribution in [-0.2, 0) is 4.79 Å². The summed E-state index contributed by atoms with van der Waals surface area (Å²) in [6.45, 7) is 3.81. The molecule has 25 heavy (non-hydrogen) atoms. The highest BCUT2D eigenvalue weighted by atomic mass is 35.5. The normalized spacial score (nSPS) is 24.8. The molecule has 0 N–H and O–H groups in total. The van der Waals surface area contributed by atoms with Crippen LogP contribution in [0.4, 0.5) is 0 Å². The molecule has 0 unspecified atom stereocenters. The first kappa shape index (κ1) is 18.1. The number of halogens is 1. The van der Waals surface area contributed by atoms with Crippen molar-refractivity contribution in [2.75, 3.05) is 20.0 Å². The molecule has 0 saturated heterocycles. The fourth-order valence-corrected chi connectivity index (χ4v) is 4.73. The minimum atomic E-state index is -1.24. The number of hydrogen-bond acceptors (Lipinski definition) is 6. The molecule has 0 saturated carbocycles. The van der Waals surface area contributed by atoms with Gasteiger partial charge < -0.3 is 14.2 Å². The second-order valence-electron chi connectivity index (χ2n) is 5.98. The van der Waals surface area contributed by atoms with Gasteiger partial charge in [-0.2, -0.15) is 0 Å². The number of carbonyl (C=O) groups is 2. The second kappa shape index (κ2) is 6.57. The number of thioether (sulfide) groups is 1. The molecule has 2 atom stereocenters. The van der Waals surface area contributed by atoms with Crippen molar-refractivity contribution >= 4 is 34.9 Å². The number of ketones is 2. The zero-order valence-corrected chi connectivity index (χ0v) is 16.0. The number of ether oxygens (including phenoxy) is 3. The molecular weight excluding hydrogens is 364 g/mol. The van der Waals surface area contributed by atoms with E-state index >= 15 is 0 Å². The Morgan fingerprint density at radius 3 is 2.60 bits per heavy atom. The van der Waals surface area contributed by atoms with Gasteiger partial charge in [0.1, 0.15) is 22.1 Å². The minimum absolute atomic E-state index is 0.00271. The minimum Gasteiger partial charge on any atom is -0.496 e. The lowest BCUT2D eigenvalue weighted by Crippen LogP contribution is -2.50. The van der Waals surface area contributed by atoms with Gasteiger partial charge in [-0.15, -0.1) is 11.8 Å². The second-order valence-corrected chi connectivity index (χ2v) is 7.66. The Morgan fingerprint density at radius 2 is 2.00 bits per heavy atom. The highest BCUT2D eigenvalue weighted by Crippen LogP contribution is 2.55. The number of rotatable bonds is 4. The summed E-state index contributed by atoms with van der Waals surface area (Å²) in [5.74, 6) is 1.15. The Balaban J connectivity index is 2.24. The number of allylic oxidation sites excluding steroid dienone is 1. The third-order valence-electron chi connectivity index (χ3n) is 4.58. The van der Waals surface area contributed by atoms with Crippen LogP contribution < -0.4 is 14.2 Å². The van der Waals surface area contributed by atoms with Gasteiger partial charge >= 0.3 is 0 Å². The van der Waals surface area contributed by atoms with Crippen LogP contribution in [0.15, 0.2) is 17.0 Å². The van der Waals surface area contributed by atoms with Gasteiger partial charge in [0, 0.05) is 23.3 Å². The molecule has 3 rings (SSSR count). The number of benzene rings is 1. The number of methoxy groups -OCH3 is 2. The molecule has 0 bridgehead atoms. The average molecular weight is 383 g/mol. The topological polar surface area (TPSA) is 61.8 Å². The first-order chi connectivity index (χ1) is 11.9. The van der Waals surface area contributed by atoms with Crippen molar-refractivity contribution in [3.63, 3.8) is 0 Å². The van der Waals surface area contributed by atoms with Gasteiger partial charge in [-0.05, 0) is 11.8 Å². The standard InChI is InChI=1S/C18H19ClO5S/c1-5-25-13-7-10(20)6-9(2)18(13)17(21)14-11(22-3)8-12(23-4)15(19)16(14)24-18/h7-9H,5-6H2,1-4H3/t9-,18-/m1/s1. The molecule has 0 amide bonds. The summed E-state index contributed by atoms with van der Waals surface area (Å²) in [5, 5.41) is 0.230. The predicted octanol–water partition coefficient (Wildman–Crippen LogP) is 3.92. The molecule has 7 heteroatoms. The molecule has 0 aromatic heterocycles. The van der Waals surface area contributed by atoms with E-state index in [9.17, 15) is 9.59 Å². The molecule has 1 aliphatic carbocycles. The summed E-state index contributed by atoms with van der Waals surface area (Å²) in [5.41, 5.74) is -0.933. The van der Waals surface area contributed by atoms with Crippen LogP contribution in [0.5, 0.6) is 17.2 Å². The lowest BCUT2D eigenvalue weighted by molar-refractivity contribution is -0.117. The van der Waals surface area contributed by atoms with Crippen LogP contribution in [0.2, 0.25) is 5.02 Å². The molecule has 0 fully saturated rings. The molecule has 1 aromatic carbocycles. The van der Waals surface area contributed by atoms with Crippen LogP contribution in [0.3, 0.4) is 0 Å². The van der Waals surface area contributed by atoms with Crippen molar-refractivity contribution in [3.05, 3.63) is 27.6 Å². The lowest BCUT2D eigenvalue weighted by Gasteiger charge is -2.37. The molecule has 0 radical (unpaired) electrons. The van der Waals surface area contributed by atoms with Crippen LogP contribution in [0.1, 0.15) is 30.6 Å². The Kier molecular flexibility index (Phi) is 4.77. The van der Waals surface area contributed by atoms with Crippen molar-refractivity contribution in [2.45, 2.75) is 25.9 Å². The van der Waals surface area contributed by atoms with E-state index in [0.29, 0.717) is 22.0 Å². The maximum absolute atomic E-state index is 13.4. The van der Waals surface area contributed by atoms with E-state index < -0.39 is 5.60 Å². The van der Waals surface area contributed by atoms with Gasteiger partial charge in [0.25, 0.3) is 0 Å². The number of hydrogen-bond donors (Lipinski definition) is 0. The summed E-state index contributed by atoms with van der Waals surface area (Å²) in [4.78, 5) is 26.1. The van der Waals surface area contributed by atoms with E-state index in [4.69, 9.17) is 25.8 Å². The van der Waals surface area contributed by atoms with Gasteiger partial charge in [-0.25, -0.2) is 0 Å². The molecule has 1 heterocycles. The Bertz CT molecular complexity index is 788. The van der Waals surface area contributed by atoms with Gasteiger partial charge in [-0.3, -0.25) is 9.59 Å². The van der Waals surface area contributed by atoms with Gasteiger partial charge in [0.15, 0.2) is 11.5 Å². The molecule has 1 aromatic rings. The number of Topliss-reactive ketones (excluding diaryl/α,β-unsaturated/α-hetero) is 1. The quantitative estimate of drug-likeness (QED) is 0.786. The smallest absolute Gasteiger partial charge is 0.219 e. The van der Waals surface area contributed by atoms with Crippen molar-refractivity contribution in [3.8, 4) is 17.2 Å². The van der Waals surface area contributed by atoms with E-state index in [2.05, 4.69) is 0 Å². The first-order valence-corrected chi connectivity index (χ1v) is 9.33. The Hall–Kier alpha value is -1.66. The van der Waals surface area contributed by atoms with Crippen LogP contribution >= 0.6 is 23.4 Å². The average Bonchev–Trinajstić information content (AvgIpc) is 2.89. The zero-order chi connectivity index (χ0) is 18.4. The van der Waals surface area contributed by atoms with Gasteiger partial charge in [0.05, 0.1) is 14.2 Å². The summed E-state index contributed by atoms with van der Waals surface area (Å²) in [6.07, 6.45) is 1.76. The van der Waals surface area contributed by atoms with E-state index in [1.165, 1.54) is 32.1 Å². The van der Waals surface area contributed by atoms with E-state index in [1.807, 2.05) is 13.8 Å². The Morgan fingerprint density at radius 1 is 1.32 bits per heavy atom. The zero-order valence-electron chi connectivity index (χ0n) is 14.5. The van der Waals surface area contributed by atoms with Crippen LogP contribution in [0.25, 0.3) is 0 Å². The first-order valence-electron chi connectivity index (χ1n) is 7.96. The van der Waals surface area contributed by atoms with Crippen LogP contribution in [-0.4, -0.2) is 37.1 Å². The third-order valence-corrected chi connectivity index (χ3v) is 5.96. The monoisotopic (exact) mass is 382 g/mol. The van der Waals surface area contributed by atoms with Crippen molar-refractivity contribution < 1.29 is 23.8 Å². The third kappa shape index (κ3) is 2.54. The Labute approximate surface area is 155 Å². The summed E-state index contributed by atoms with van der Waals surface area (Å²) < 4.78 is 16.8. The summed E-state index contributed by atoms with van der Waals surface area (Å²) in [6, 6.07) is 1.58. The maximum atomic E-state index is 13.4. The van der Waals surface area contributed by atoms with E-state index in [0.717, 1.165) is 5.75 Å². The van der Waals surface area contributed by atoms with Crippen molar-refractivity contribution in [1.82, 2.24) is 0 Å². The van der Waals surface area contributed by atoms with Crippen LogP contribution in [0, 0.1) is 5.92 Å². The number of carbonyl (C=O) groups excluding carboxylic acids is 2. The molecule has 134 valence electrons. The van der Waals surface area contributed by atoms with E-state index in [1.54, 1.807) is 6.07 Å². The highest BCUT2D eigenvalue weighted by Gasteiger charge is 2.58. The van der Waals surface area contributed by atoms with Gasteiger partial charge in [-0.1, -0.05) is 25.4 Å². The molecule has 1 aliphatic heterocycles. The number of fused-ring (bicyclic) bond motifs is 1. The highest BCUT2D eigenvalue weighted by molar-refractivity contribution is 8.03. The fourth-order valence-electron chi connectivity index (χ4n) is 3.39.